The molecule has 0 spiro atoms. The third kappa shape index (κ3) is 6.11. The highest BCUT2D eigenvalue weighted by atomic mass is 35.5. The summed E-state index contributed by atoms with van der Waals surface area (Å²) in [6, 6.07) is 13.7. The van der Waals surface area contributed by atoms with Crippen molar-refractivity contribution < 1.29 is 23.4 Å². The van der Waals surface area contributed by atoms with Crippen LogP contribution in [0, 0.1) is 11.7 Å². The van der Waals surface area contributed by atoms with E-state index in [1.54, 1.807) is 24.3 Å². The van der Waals surface area contributed by atoms with Crippen LogP contribution in [0.5, 0.6) is 5.88 Å². The van der Waals surface area contributed by atoms with E-state index in [0.29, 0.717) is 34.6 Å². The summed E-state index contributed by atoms with van der Waals surface area (Å²) in [5.74, 6) is 0.943. The number of rotatable bonds is 9. The number of ether oxygens (including phenoxy) is 3. The van der Waals surface area contributed by atoms with Crippen molar-refractivity contribution in [1.82, 2.24) is 19.5 Å². The number of esters is 1. The third-order valence-electron chi connectivity index (χ3n) is 7.68. The summed E-state index contributed by atoms with van der Waals surface area (Å²) in [4.78, 5) is 26.3. The minimum absolute atomic E-state index is 0.0729. The molecule has 6 rings (SSSR count). The number of carbonyl (C=O) groups excluding carboxylic acids is 1. The number of hydrogen-bond acceptors (Lipinski definition) is 7. The fourth-order valence-corrected chi connectivity index (χ4v) is 5.43. The maximum Gasteiger partial charge on any atom is 0.356 e. The third-order valence-corrected chi connectivity index (χ3v) is 7.91. The Hall–Kier alpha value is -3.82. The second-order valence-corrected chi connectivity index (χ2v) is 10.8. The van der Waals surface area contributed by atoms with Crippen LogP contribution in [0.3, 0.4) is 0 Å². The fourth-order valence-electron chi connectivity index (χ4n) is 5.28. The molecule has 4 heterocycles. The van der Waals surface area contributed by atoms with Crippen LogP contribution >= 0.6 is 11.6 Å². The number of aromatic nitrogens is 4. The van der Waals surface area contributed by atoms with Crippen LogP contribution in [-0.2, 0) is 29.0 Å². The van der Waals surface area contributed by atoms with E-state index >= 15 is 0 Å². The van der Waals surface area contributed by atoms with Gasteiger partial charge in [0.1, 0.15) is 23.8 Å². The van der Waals surface area contributed by atoms with Crippen LogP contribution < -0.4 is 4.74 Å². The summed E-state index contributed by atoms with van der Waals surface area (Å²) < 4.78 is 32.6. The number of imidazole rings is 1. The van der Waals surface area contributed by atoms with Crippen molar-refractivity contribution >= 4 is 34.3 Å². The molecule has 212 valence electrons. The van der Waals surface area contributed by atoms with Gasteiger partial charge < -0.3 is 18.8 Å². The molecule has 0 amide bonds. The minimum atomic E-state index is -0.466. The Labute approximate surface area is 242 Å². The van der Waals surface area contributed by atoms with Crippen LogP contribution in [0.25, 0.3) is 16.7 Å². The van der Waals surface area contributed by atoms with Crippen LogP contribution in [0.15, 0.2) is 54.6 Å². The molecule has 1 aromatic carbocycles. The van der Waals surface area contributed by atoms with Gasteiger partial charge in [0.05, 0.1) is 25.5 Å². The molecule has 1 fully saturated rings. The van der Waals surface area contributed by atoms with E-state index in [-0.39, 0.29) is 18.4 Å². The lowest BCUT2D eigenvalue weighted by Gasteiger charge is -2.28. The molecule has 1 unspecified atom stereocenters. The summed E-state index contributed by atoms with van der Waals surface area (Å²) in [7, 11) is 1.35. The largest absolute Gasteiger partial charge is 0.473 e. The van der Waals surface area contributed by atoms with E-state index in [2.05, 4.69) is 20.6 Å². The normalized spacial score (nSPS) is 18.6. The number of fused-ring (bicyclic) bond motifs is 1. The number of allylic oxidation sites excluding steroid dienone is 2. The van der Waals surface area contributed by atoms with E-state index < -0.39 is 11.8 Å². The van der Waals surface area contributed by atoms with Gasteiger partial charge in [0.25, 0.3) is 0 Å². The molecule has 4 aromatic rings. The maximum atomic E-state index is 14.1. The zero-order valence-corrected chi connectivity index (χ0v) is 23.4. The Morgan fingerprint density at radius 3 is 2.76 bits per heavy atom. The molecule has 41 heavy (non-hydrogen) atoms. The van der Waals surface area contributed by atoms with Gasteiger partial charge in [-0.1, -0.05) is 29.8 Å². The number of nitrogens with zero attached hydrogens (tertiary/aromatic N) is 4. The minimum Gasteiger partial charge on any atom is -0.473 e. The maximum absolute atomic E-state index is 14.1. The molecule has 10 heteroatoms. The van der Waals surface area contributed by atoms with Crippen molar-refractivity contribution in [1.29, 1.82) is 0 Å². The second-order valence-electron chi connectivity index (χ2n) is 10.4. The van der Waals surface area contributed by atoms with E-state index in [0.717, 1.165) is 55.7 Å². The van der Waals surface area contributed by atoms with Gasteiger partial charge in [0, 0.05) is 29.7 Å². The van der Waals surface area contributed by atoms with E-state index in [4.69, 9.17) is 30.8 Å². The molecule has 0 radical (unpaired) electrons. The Bertz CT molecular complexity index is 1620. The number of benzene rings is 1. The van der Waals surface area contributed by atoms with Gasteiger partial charge in [-0.3, -0.25) is 0 Å². The van der Waals surface area contributed by atoms with Gasteiger partial charge in [-0.25, -0.2) is 24.1 Å². The highest BCUT2D eigenvalue weighted by Gasteiger charge is 2.25. The zero-order valence-electron chi connectivity index (χ0n) is 22.7. The van der Waals surface area contributed by atoms with Gasteiger partial charge in [0.15, 0.2) is 11.3 Å². The van der Waals surface area contributed by atoms with E-state index in [9.17, 15) is 9.18 Å². The first-order valence-electron chi connectivity index (χ1n) is 13.8. The van der Waals surface area contributed by atoms with Gasteiger partial charge in [0.2, 0.25) is 5.88 Å². The molecule has 3 aromatic heterocycles. The molecule has 2 atom stereocenters. The molecule has 2 aliphatic rings. The average Bonchev–Trinajstić information content (AvgIpc) is 3.30. The monoisotopic (exact) mass is 576 g/mol. The first kappa shape index (κ1) is 27.4. The molecule has 1 aliphatic carbocycles. The Balaban J connectivity index is 1.15. The zero-order chi connectivity index (χ0) is 28.3. The Morgan fingerprint density at radius 1 is 1.15 bits per heavy atom. The summed E-state index contributed by atoms with van der Waals surface area (Å²) in [6.07, 6.45) is 6.92. The van der Waals surface area contributed by atoms with Gasteiger partial charge in [-0.05, 0) is 67.5 Å². The number of carbonyl (C=O) groups is 1. The van der Waals surface area contributed by atoms with Crippen LogP contribution in [0.1, 0.15) is 53.3 Å². The number of hydrogen-bond donors (Lipinski definition) is 0. The SMILES string of the molecule is COC(=O)c1ccc2nc(CC3CC=C(c4cccc(OCc5ccc(Cl)cc5F)n4)CC3)n(C[C@@H]3CCO3)c2n1. The Kier molecular flexibility index (Phi) is 7.98. The highest BCUT2D eigenvalue weighted by molar-refractivity contribution is 6.30. The van der Waals surface area contributed by atoms with Gasteiger partial charge in [-0.2, -0.15) is 0 Å². The lowest BCUT2D eigenvalue weighted by Crippen LogP contribution is -2.32. The molecule has 8 nitrogen and oxygen atoms in total. The summed E-state index contributed by atoms with van der Waals surface area (Å²) in [5, 5.41) is 0.350. The van der Waals surface area contributed by atoms with Crippen molar-refractivity contribution in [3.05, 3.63) is 88.2 Å². The van der Waals surface area contributed by atoms with Crippen molar-refractivity contribution in [2.45, 2.75) is 51.4 Å². The lowest BCUT2D eigenvalue weighted by atomic mass is 9.86. The smallest absolute Gasteiger partial charge is 0.356 e. The summed E-state index contributed by atoms with van der Waals surface area (Å²) >= 11 is 5.84. The molecule has 0 bridgehead atoms. The summed E-state index contributed by atoms with van der Waals surface area (Å²) in [6.45, 7) is 1.50. The number of halogens is 2. The van der Waals surface area contributed by atoms with Crippen molar-refractivity contribution in [3.8, 4) is 5.88 Å². The van der Waals surface area contributed by atoms with Gasteiger partial charge in [-0.15, -0.1) is 0 Å². The van der Waals surface area contributed by atoms with Crippen LogP contribution in [-0.4, -0.2) is 45.3 Å². The fraction of sp³-hybridized carbons (Fsp3) is 0.355. The van der Waals surface area contributed by atoms with Crippen molar-refractivity contribution in [3.63, 3.8) is 0 Å². The quantitative estimate of drug-likeness (QED) is 0.219. The second kappa shape index (κ2) is 12.0. The standard InChI is InChI=1S/C31H30ClFN4O4/c1-39-31(38)27-12-11-26-30(36-27)37(17-23-13-14-40-23)28(34-26)15-19-5-7-20(8-6-19)25-3-2-4-29(35-25)41-18-21-9-10-22(32)16-24(21)33/h2-4,7,9-12,16,19,23H,5-6,8,13-15,17-18H2,1H3/t19?,23-/m0/s1. The predicted molar refractivity (Wildman–Crippen MR) is 152 cm³/mol. The molecule has 0 saturated carbocycles. The highest BCUT2D eigenvalue weighted by Crippen LogP contribution is 2.33. The number of pyridine rings is 2. The average molecular weight is 577 g/mol. The molecule has 1 aliphatic heterocycles. The molecular weight excluding hydrogens is 547 g/mol. The Morgan fingerprint density at radius 2 is 2.02 bits per heavy atom. The topological polar surface area (TPSA) is 88.4 Å². The first-order valence-corrected chi connectivity index (χ1v) is 14.1. The van der Waals surface area contributed by atoms with Gasteiger partial charge >= 0.3 is 5.97 Å². The number of methoxy groups -OCH3 is 1. The lowest BCUT2D eigenvalue weighted by molar-refractivity contribution is -0.0591. The predicted octanol–water partition coefficient (Wildman–Crippen LogP) is 6.20. The van der Waals surface area contributed by atoms with Crippen LogP contribution in [0.4, 0.5) is 4.39 Å². The molecular formula is C31H30ClFN4O4. The molecule has 1 saturated heterocycles. The first-order chi connectivity index (χ1) is 20.0. The van der Waals surface area contributed by atoms with Crippen LogP contribution in [0.2, 0.25) is 5.02 Å². The van der Waals surface area contributed by atoms with E-state index in [1.165, 1.54) is 18.7 Å². The van der Waals surface area contributed by atoms with Crippen molar-refractivity contribution in [2.75, 3.05) is 13.7 Å². The summed E-state index contributed by atoms with van der Waals surface area (Å²) in [5.41, 5.74) is 4.18. The van der Waals surface area contributed by atoms with E-state index in [1.807, 2.05) is 18.2 Å². The molecule has 0 N–H and O–H groups in total. The van der Waals surface area contributed by atoms with Crippen molar-refractivity contribution in [2.24, 2.45) is 5.92 Å².